The summed E-state index contributed by atoms with van der Waals surface area (Å²) in [5.74, 6) is 1.13. The molecule has 0 spiro atoms. The normalized spacial score (nSPS) is 22.6. The summed E-state index contributed by atoms with van der Waals surface area (Å²) in [5, 5.41) is 3.70. The van der Waals surface area contributed by atoms with Crippen LogP contribution < -0.4 is 10.1 Å². The molecule has 116 valence electrons. The van der Waals surface area contributed by atoms with Crippen LogP contribution in [0.5, 0.6) is 5.75 Å². The van der Waals surface area contributed by atoms with Gasteiger partial charge in [0.15, 0.2) is 0 Å². The molecule has 2 atom stereocenters. The molecule has 1 aromatic carbocycles. The lowest BCUT2D eigenvalue weighted by Gasteiger charge is -2.28. The maximum absolute atomic E-state index is 5.95. The van der Waals surface area contributed by atoms with Gasteiger partial charge in [-0.05, 0) is 44.2 Å². The maximum atomic E-state index is 5.95. The van der Waals surface area contributed by atoms with Crippen molar-refractivity contribution in [3.8, 4) is 5.75 Å². The second-order valence-corrected chi connectivity index (χ2v) is 6.16. The predicted molar refractivity (Wildman–Crippen MR) is 84.9 cm³/mol. The molecule has 2 aliphatic heterocycles. The van der Waals surface area contributed by atoms with Crippen LogP contribution in [0, 0.1) is 0 Å². The minimum atomic E-state index is 0.348. The van der Waals surface area contributed by atoms with Crippen molar-refractivity contribution in [1.82, 2.24) is 5.32 Å². The van der Waals surface area contributed by atoms with Gasteiger partial charge in [-0.1, -0.05) is 25.1 Å². The van der Waals surface area contributed by atoms with Crippen LogP contribution in [0.4, 0.5) is 0 Å². The van der Waals surface area contributed by atoms with E-state index in [1.807, 2.05) is 0 Å². The summed E-state index contributed by atoms with van der Waals surface area (Å²) in [6.07, 6.45) is 7.36. The molecule has 3 rings (SSSR count). The predicted octanol–water partition coefficient (Wildman–Crippen LogP) is 3.62. The third-order valence-corrected chi connectivity index (χ3v) is 4.53. The molecule has 1 saturated heterocycles. The second-order valence-electron chi connectivity index (χ2n) is 6.16. The number of fused-ring (bicyclic) bond motifs is 1. The average Bonchev–Trinajstić information content (AvgIpc) is 3.01. The SMILES string of the molecule is CCCNC(CC1CCCCO1)c1cccc2c1OCC2. The number of nitrogens with one attached hydrogen (secondary N) is 1. The minimum Gasteiger partial charge on any atom is -0.493 e. The Morgan fingerprint density at radius 3 is 3.05 bits per heavy atom. The molecule has 0 saturated carbocycles. The highest BCUT2D eigenvalue weighted by Gasteiger charge is 2.25. The lowest BCUT2D eigenvalue weighted by Crippen LogP contribution is -2.29. The smallest absolute Gasteiger partial charge is 0.127 e. The lowest BCUT2D eigenvalue weighted by atomic mass is 9.94. The summed E-state index contributed by atoms with van der Waals surface area (Å²) in [4.78, 5) is 0. The molecule has 0 bridgehead atoms. The number of rotatable bonds is 6. The summed E-state index contributed by atoms with van der Waals surface area (Å²) >= 11 is 0. The molecule has 2 heterocycles. The Kier molecular flexibility index (Phi) is 5.15. The first kappa shape index (κ1) is 14.9. The Morgan fingerprint density at radius 1 is 1.29 bits per heavy atom. The van der Waals surface area contributed by atoms with Crippen molar-refractivity contribution >= 4 is 0 Å². The van der Waals surface area contributed by atoms with Crippen LogP contribution in [0.25, 0.3) is 0 Å². The van der Waals surface area contributed by atoms with E-state index in [1.165, 1.54) is 30.4 Å². The van der Waals surface area contributed by atoms with Crippen molar-refractivity contribution < 1.29 is 9.47 Å². The molecule has 1 aromatic rings. The van der Waals surface area contributed by atoms with E-state index in [0.29, 0.717) is 12.1 Å². The summed E-state index contributed by atoms with van der Waals surface area (Å²) in [6.45, 7) is 5.01. The first-order valence-corrected chi connectivity index (χ1v) is 8.48. The molecule has 3 heteroatoms. The molecular formula is C18H27NO2. The number of para-hydroxylation sites is 1. The van der Waals surface area contributed by atoms with Gasteiger partial charge in [0.2, 0.25) is 0 Å². The van der Waals surface area contributed by atoms with Crippen molar-refractivity contribution in [1.29, 1.82) is 0 Å². The zero-order chi connectivity index (χ0) is 14.5. The Balaban J connectivity index is 1.76. The lowest BCUT2D eigenvalue weighted by molar-refractivity contribution is 0.00493. The summed E-state index contributed by atoms with van der Waals surface area (Å²) in [7, 11) is 0. The summed E-state index contributed by atoms with van der Waals surface area (Å²) < 4.78 is 11.8. The third kappa shape index (κ3) is 3.58. The standard InChI is InChI=1S/C18H27NO2/c1-2-10-19-17(13-15-7-3-4-11-20-15)16-8-5-6-14-9-12-21-18(14)16/h5-6,8,15,17,19H,2-4,7,9-13H2,1H3. The quantitative estimate of drug-likeness (QED) is 0.867. The maximum Gasteiger partial charge on any atom is 0.127 e. The average molecular weight is 289 g/mol. The monoisotopic (exact) mass is 289 g/mol. The van der Waals surface area contributed by atoms with E-state index in [1.54, 1.807) is 0 Å². The minimum absolute atomic E-state index is 0.348. The van der Waals surface area contributed by atoms with E-state index in [2.05, 4.69) is 30.4 Å². The molecule has 0 aromatic heterocycles. The van der Waals surface area contributed by atoms with Gasteiger partial charge in [-0.2, -0.15) is 0 Å². The molecule has 21 heavy (non-hydrogen) atoms. The number of benzene rings is 1. The highest BCUT2D eigenvalue weighted by Crippen LogP contribution is 2.36. The molecule has 2 unspecified atom stereocenters. The zero-order valence-corrected chi connectivity index (χ0v) is 13.1. The summed E-state index contributed by atoms with van der Waals surface area (Å²) in [6, 6.07) is 6.94. The highest BCUT2D eigenvalue weighted by molar-refractivity contribution is 5.45. The molecule has 1 fully saturated rings. The fraction of sp³-hybridized carbons (Fsp3) is 0.667. The van der Waals surface area contributed by atoms with Gasteiger partial charge < -0.3 is 14.8 Å². The molecule has 1 N–H and O–H groups in total. The largest absolute Gasteiger partial charge is 0.493 e. The van der Waals surface area contributed by atoms with Crippen LogP contribution in [-0.2, 0) is 11.2 Å². The fourth-order valence-corrected chi connectivity index (χ4v) is 3.41. The van der Waals surface area contributed by atoms with Gasteiger partial charge in [0.1, 0.15) is 5.75 Å². The number of ether oxygens (including phenoxy) is 2. The van der Waals surface area contributed by atoms with Crippen LogP contribution in [0.1, 0.15) is 56.2 Å². The Bertz CT molecular complexity index is 455. The van der Waals surface area contributed by atoms with Gasteiger partial charge >= 0.3 is 0 Å². The molecule has 0 radical (unpaired) electrons. The van der Waals surface area contributed by atoms with Crippen molar-refractivity contribution in [3.05, 3.63) is 29.3 Å². The molecule has 0 aliphatic carbocycles. The Morgan fingerprint density at radius 2 is 2.24 bits per heavy atom. The molecule has 0 amide bonds. The third-order valence-electron chi connectivity index (χ3n) is 4.53. The van der Waals surface area contributed by atoms with E-state index in [9.17, 15) is 0 Å². The van der Waals surface area contributed by atoms with Gasteiger partial charge in [0.05, 0.1) is 12.7 Å². The Hall–Kier alpha value is -1.06. The number of hydrogen-bond acceptors (Lipinski definition) is 3. The first-order valence-electron chi connectivity index (χ1n) is 8.48. The molecule has 3 nitrogen and oxygen atoms in total. The highest BCUT2D eigenvalue weighted by atomic mass is 16.5. The van der Waals surface area contributed by atoms with E-state index in [-0.39, 0.29) is 0 Å². The molecule has 2 aliphatic rings. The van der Waals surface area contributed by atoms with E-state index in [0.717, 1.165) is 44.8 Å². The van der Waals surface area contributed by atoms with Crippen molar-refractivity contribution in [2.45, 2.75) is 57.6 Å². The van der Waals surface area contributed by atoms with E-state index >= 15 is 0 Å². The molecular weight excluding hydrogens is 262 g/mol. The summed E-state index contributed by atoms with van der Waals surface area (Å²) in [5.41, 5.74) is 2.69. The van der Waals surface area contributed by atoms with Crippen LogP contribution >= 0.6 is 0 Å². The van der Waals surface area contributed by atoms with Crippen molar-refractivity contribution in [2.24, 2.45) is 0 Å². The van der Waals surface area contributed by atoms with E-state index < -0.39 is 0 Å². The number of hydrogen-bond donors (Lipinski definition) is 1. The van der Waals surface area contributed by atoms with Crippen molar-refractivity contribution in [3.63, 3.8) is 0 Å². The van der Waals surface area contributed by atoms with Gasteiger partial charge in [0.25, 0.3) is 0 Å². The van der Waals surface area contributed by atoms with Crippen LogP contribution in [0.3, 0.4) is 0 Å². The topological polar surface area (TPSA) is 30.5 Å². The van der Waals surface area contributed by atoms with E-state index in [4.69, 9.17) is 9.47 Å². The Labute approximate surface area is 128 Å². The van der Waals surface area contributed by atoms with Crippen LogP contribution in [0.2, 0.25) is 0 Å². The van der Waals surface area contributed by atoms with Gasteiger partial charge in [-0.3, -0.25) is 0 Å². The first-order chi connectivity index (χ1) is 10.4. The van der Waals surface area contributed by atoms with Crippen LogP contribution in [-0.4, -0.2) is 25.9 Å². The van der Waals surface area contributed by atoms with Crippen molar-refractivity contribution in [2.75, 3.05) is 19.8 Å². The van der Waals surface area contributed by atoms with Crippen LogP contribution in [0.15, 0.2) is 18.2 Å². The zero-order valence-electron chi connectivity index (χ0n) is 13.1. The fourth-order valence-electron chi connectivity index (χ4n) is 3.41. The van der Waals surface area contributed by atoms with Gasteiger partial charge in [0, 0.05) is 24.6 Å². The van der Waals surface area contributed by atoms with Gasteiger partial charge in [-0.25, -0.2) is 0 Å². The second kappa shape index (κ2) is 7.28. The van der Waals surface area contributed by atoms with Gasteiger partial charge in [-0.15, -0.1) is 0 Å².